The van der Waals surface area contributed by atoms with Gasteiger partial charge in [-0.05, 0) is 96.8 Å². The highest BCUT2D eigenvalue weighted by Crippen LogP contribution is 2.43. The first-order valence-corrected chi connectivity index (χ1v) is 23.2. The Balaban J connectivity index is 0.796. The van der Waals surface area contributed by atoms with Crippen molar-refractivity contribution in [1.29, 1.82) is 0 Å². The van der Waals surface area contributed by atoms with Gasteiger partial charge in [-0.15, -0.1) is 22.7 Å². The van der Waals surface area contributed by atoms with Crippen LogP contribution in [0, 0.1) is 0 Å². The molecule has 0 aliphatic carbocycles. The molecule has 6 N–H and O–H groups in total. The first-order chi connectivity index (χ1) is 33.0. The van der Waals surface area contributed by atoms with E-state index in [1.807, 2.05) is 54.6 Å². The van der Waals surface area contributed by atoms with Crippen LogP contribution in [0.5, 0.6) is 34.5 Å². The minimum Gasteiger partial charge on any atom is -0.497 e. The van der Waals surface area contributed by atoms with Crippen molar-refractivity contribution in [3.63, 3.8) is 0 Å². The Hall–Kier alpha value is -7.84. The minimum absolute atomic E-state index is 0.00560. The Labute approximate surface area is 397 Å². The SMILES string of the molecule is COc1ccc2c(c1)CC(c1nc3c(OCC(=O)N(C)CCOc4ccc5c(c4)CC(c4nc6c(OCC(N)=O)cc(-c7ccnc(N)n7)cc6s4)CO5)cc(-c4ccnc(N)n4)cc3s1)CO2. The van der Waals surface area contributed by atoms with E-state index >= 15 is 0 Å². The third-order valence-corrected chi connectivity index (χ3v) is 13.9. The van der Waals surface area contributed by atoms with Gasteiger partial charge in [-0.25, -0.2) is 29.9 Å². The lowest BCUT2D eigenvalue weighted by Gasteiger charge is -2.24. The van der Waals surface area contributed by atoms with Crippen molar-refractivity contribution in [3.8, 4) is 57.0 Å². The number of primary amides is 1. The highest BCUT2D eigenvalue weighted by atomic mass is 32.1. The van der Waals surface area contributed by atoms with E-state index in [-0.39, 0.29) is 49.5 Å². The molecule has 6 heterocycles. The number of ether oxygens (including phenoxy) is 6. The van der Waals surface area contributed by atoms with Gasteiger partial charge in [0.1, 0.15) is 62.2 Å². The van der Waals surface area contributed by atoms with Crippen molar-refractivity contribution in [3.05, 3.63) is 106 Å². The smallest absolute Gasteiger partial charge is 0.260 e. The van der Waals surface area contributed by atoms with Crippen LogP contribution in [0.2, 0.25) is 0 Å². The molecule has 0 saturated carbocycles. The minimum atomic E-state index is -0.607. The van der Waals surface area contributed by atoms with E-state index in [2.05, 4.69) is 19.9 Å². The number of amides is 2. The maximum Gasteiger partial charge on any atom is 0.260 e. The third kappa shape index (κ3) is 9.40. The van der Waals surface area contributed by atoms with Crippen LogP contribution in [0.15, 0.2) is 85.2 Å². The highest BCUT2D eigenvalue weighted by Gasteiger charge is 2.28. The van der Waals surface area contributed by atoms with Crippen LogP contribution in [0.3, 0.4) is 0 Å². The molecule has 2 aliphatic rings. The Kier molecular flexibility index (Phi) is 12.2. The lowest BCUT2D eigenvalue weighted by molar-refractivity contribution is -0.132. The van der Waals surface area contributed by atoms with Gasteiger partial charge < -0.3 is 50.5 Å². The molecule has 8 aromatic rings. The van der Waals surface area contributed by atoms with Crippen molar-refractivity contribution in [2.75, 3.05) is 65.2 Å². The van der Waals surface area contributed by atoms with Crippen LogP contribution < -0.4 is 45.6 Å². The molecule has 346 valence electrons. The second-order valence-electron chi connectivity index (χ2n) is 16.2. The number of nitrogen functional groups attached to an aromatic ring is 2. The monoisotopic (exact) mass is 952 g/mol. The molecule has 2 atom stereocenters. The number of carbonyl (C=O) groups excluding carboxylic acids is 2. The fourth-order valence-electron chi connectivity index (χ4n) is 8.07. The van der Waals surface area contributed by atoms with E-state index in [0.717, 1.165) is 65.3 Å². The molecule has 2 aliphatic heterocycles. The van der Waals surface area contributed by atoms with Crippen molar-refractivity contribution in [2.24, 2.45) is 5.73 Å². The number of aromatic nitrogens is 6. The summed E-state index contributed by atoms with van der Waals surface area (Å²) >= 11 is 3.06. The lowest BCUT2D eigenvalue weighted by atomic mass is 9.97. The molecule has 0 bridgehead atoms. The summed E-state index contributed by atoms with van der Waals surface area (Å²) in [5, 5.41) is 1.73. The van der Waals surface area contributed by atoms with Gasteiger partial charge in [0.05, 0.1) is 47.7 Å². The molecule has 2 amide bonds. The number of carbonyl (C=O) groups is 2. The van der Waals surface area contributed by atoms with Gasteiger partial charge in [-0.2, -0.15) is 0 Å². The molecule has 2 unspecified atom stereocenters. The van der Waals surface area contributed by atoms with Crippen molar-refractivity contribution < 1.29 is 38.0 Å². The molecule has 20 heteroatoms. The zero-order chi connectivity index (χ0) is 46.9. The maximum atomic E-state index is 13.5. The van der Waals surface area contributed by atoms with Crippen LogP contribution in [-0.4, -0.2) is 100 Å². The zero-order valence-electron chi connectivity index (χ0n) is 36.8. The third-order valence-electron chi connectivity index (χ3n) is 11.5. The molecule has 10 rings (SSSR count). The zero-order valence-corrected chi connectivity index (χ0v) is 38.5. The molecule has 0 saturated heterocycles. The fraction of sp³-hybridized carbons (Fsp3) is 0.250. The molecule has 0 radical (unpaired) electrons. The number of nitrogens with zero attached hydrogens (tertiary/aromatic N) is 7. The predicted molar refractivity (Wildman–Crippen MR) is 257 cm³/mol. The maximum absolute atomic E-state index is 13.5. The van der Waals surface area contributed by atoms with Crippen LogP contribution in [-0.2, 0) is 22.4 Å². The van der Waals surface area contributed by atoms with Gasteiger partial charge in [-0.3, -0.25) is 9.59 Å². The van der Waals surface area contributed by atoms with Crippen LogP contribution in [0.25, 0.3) is 42.9 Å². The predicted octanol–water partition coefficient (Wildman–Crippen LogP) is 6.21. The Morgan fingerprint density at radius 3 is 1.75 bits per heavy atom. The second-order valence-corrected chi connectivity index (χ2v) is 18.3. The van der Waals surface area contributed by atoms with Gasteiger partial charge >= 0.3 is 0 Å². The van der Waals surface area contributed by atoms with Gasteiger partial charge in [0, 0.05) is 42.4 Å². The Bertz CT molecular complexity index is 3220. The van der Waals surface area contributed by atoms with E-state index in [9.17, 15) is 9.59 Å². The number of thiazole rings is 2. The highest BCUT2D eigenvalue weighted by molar-refractivity contribution is 7.19. The van der Waals surface area contributed by atoms with Crippen LogP contribution >= 0.6 is 22.7 Å². The molecular formula is C48H44N10O8S2. The molecule has 0 spiro atoms. The van der Waals surface area contributed by atoms with Gasteiger partial charge in [0.15, 0.2) is 13.2 Å². The van der Waals surface area contributed by atoms with E-state index in [0.29, 0.717) is 65.8 Å². The molecule has 0 fully saturated rings. The summed E-state index contributed by atoms with van der Waals surface area (Å²) in [6.07, 6.45) is 4.56. The number of benzene rings is 4. The Morgan fingerprint density at radius 1 is 0.691 bits per heavy atom. The number of rotatable bonds is 15. The number of methoxy groups -OCH3 is 1. The molecule has 4 aromatic heterocycles. The molecule has 4 aromatic carbocycles. The van der Waals surface area contributed by atoms with Crippen molar-refractivity contribution >= 4 is 66.8 Å². The normalized spacial score (nSPS) is 15.1. The summed E-state index contributed by atoms with van der Waals surface area (Å²) in [6, 6.07) is 22.6. The number of likely N-dealkylation sites (N-methyl/N-ethyl adjacent to an activating group) is 1. The number of hydrogen-bond donors (Lipinski definition) is 3. The van der Waals surface area contributed by atoms with E-state index in [1.165, 1.54) is 11.3 Å². The van der Waals surface area contributed by atoms with E-state index < -0.39 is 5.91 Å². The van der Waals surface area contributed by atoms with Crippen LogP contribution in [0.1, 0.15) is 33.0 Å². The number of hydrogen-bond acceptors (Lipinski definition) is 18. The van der Waals surface area contributed by atoms with Gasteiger partial charge in [0.2, 0.25) is 11.9 Å². The summed E-state index contributed by atoms with van der Waals surface area (Å²) in [7, 11) is 3.36. The summed E-state index contributed by atoms with van der Waals surface area (Å²) in [5.74, 6) is 3.23. The lowest BCUT2D eigenvalue weighted by Crippen LogP contribution is -2.34. The molecule has 18 nitrogen and oxygen atoms in total. The summed E-state index contributed by atoms with van der Waals surface area (Å²) in [5.41, 5.74) is 23.2. The average Bonchev–Trinajstić information content (AvgIpc) is 4.00. The number of anilines is 2. The number of nitrogens with two attached hydrogens (primary N) is 3. The first kappa shape index (κ1) is 44.0. The first-order valence-electron chi connectivity index (χ1n) is 21.6. The topological polar surface area (TPSA) is 248 Å². The quantitative estimate of drug-likeness (QED) is 0.103. The summed E-state index contributed by atoms with van der Waals surface area (Å²) in [4.78, 5) is 53.6. The molecular weight excluding hydrogens is 909 g/mol. The van der Waals surface area contributed by atoms with Crippen molar-refractivity contribution in [2.45, 2.75) is 24.7 Å². The van der Waals surface area contributed by atoms with E-state index in [1.54, 1.807) is 61.0 Å². The van der Waals surface area contributed by atoms with E-state index in [4.69, 9.17) is 55.6 Å². The largest absolute Gasteiger partial charge is 0.497 e. The molecule has 68 heavy (non-hydrogen) atoms. The van der Waals surface area contributed by atoms with Crippen molar-refractivity contribution in [1.82, 2.24) is 34.8 Å². The average molecular weight is 953 g/mol. The van der Waals surface area contributed by atoms with Gasteiger partial charge in [0.25, 0.3) is 11.8 Å². The second kappa shape index (κ2) is 18.8. The fourth-order valence-corrected chi connectivity index (χ4v) is 10.3. The summed E-state index contributed by atoms with van der Waals surface area (Å²) < 4.78 is 37.8. The Morgan fingerprint density at radius 2 is 1.22 bits per heavy atom. The van der Waals surface area contributed by atoms with Crippen LogP contribution in [0.4, 0.5) is 11.9 Å². The number of fused-ring (bicyclic) bond motifs is 4. The van der Waals surface area contributed by atoms with Gasteiger partial charge in [-0.1, -0.05) is 0 Å². The standard InChI is InChI=1S/C48H44N10O8S2/c1-58(42(60)24-66-38-18-26(34-8-10-53-48(51)55-34)20-40-44(38)57-45(68-40)29-13-27-15-31(61-2)3-5-35(27)63-21-29)11-12-62-32-4-6-36-28(16-32)14-30(22-64-36)46-56-43-37(65-23-41(49)59)17-25(19-39(43)67-46)33-7-9-52-47(50)54-33/h3-10,15-20,29-30H,11-14,21-24H2,1-2H3,(H2,49,59)(H2,50,52,54)(H2,51,53,55). The summed E-state index contributed by atoms with van der Waals surface area (Å²) in [6.45, 7) is 0.898.